The molecular weight excluding hydrogens is 288 g/mol. The van der Waals surface area contributed by atoms with Crippen molar-refractivity contribution in [3.63, 3.8) is 0 Å². The molecule has 4 N–H and O–H groups in total. The highest BCUT2D eigenvalue weighted by Gasteiger charge is 2.22. The topological polar surface area (TPSA) is 92.4 Å². The molecule has 0 spiro atoms. The van der Waals surface area contributed by atoms with Gasteiger partial charge in [-0.3, -0.25) is 0 Å². The highest BCUT2D eigenvalue weighted by Crippen LogP contribution is 2.22. The van der Waals surface area contributed by atoms with Gasteiger partial charge < -0.3 is 10.8 Å². The lowest BCUT2D eigenvalue weighted by molar-refractivity contribution is 0.240. The van der Waals surface area contributed by atoms with Gasteiger partial charge in [0.1, 0.15) is 4.90 Å². The summed E-state index contributed by atoms with van der Waals surface area (Å²) in [5.74, 6) is 0.266. The molecule has 19 heavy (non-hydrogen) atoms. The Hall–Kier alpha value is -0.820. The molecule has 0 aliphatic heterocycles. The average molecular weight is 307 g/mol. The van der Waals surface area contributed by atoms with Crippen LogP contribution in [0, 0.1) is 5.92 Å². The smallest absolute Gasteiger partial charge is 0.242 e. The van der Waals surface area contributed by atoms with E-state index in [0.29, 0.717) is 11.4 Å². The molecule has 0 aliphatic carbocycles. The Morgan fingerprint density at radius 2 is 2.05 bits per heavy atom. The number of nitrogens with two attached hydrogens (primary N) is 1. The van der Waals surface area contributed by atoms with E-state index in [4.69, 9.17) is 17.3 Å². The summed E-state index contributed by atoms with van der Waals surface area (Å²) in [7, 11) is -3.76. The van der Waals surface area contributed by atoms with Gasteiger partial charge >= 0.3 is 0 Å². The summed E-state index contributed by atoms with van der Waals surface area (Å²) < 4.78 is 26.8. The molecule has 1 atom stereocenters. The van der Waals surface area contributed by atoms with Crippen molar-refractivity contribution in [1.82, 2.24) is 4.72 Å². The normalized spacial score (nSPS) is 13.7. The Morgan fingerprint density at radius 1 is 1.42 bits per heavy atom. The lowest BCUT2D eigenvalue weighted by Crippen LogP contribution is -2.38. The zero-order chi connectivity index (χ0) is 14.6. The number of sulfonamides is 1. The Morgan fingerprint density at radius 3 is 2.53 bits per heavy atom. The van der Waals surface area contributed by atoms with Gasteiger partial charge in [-0.15, -0.1) is 0 Å². The highest BCUT2D eigenvalue weighted by molar-refractivity contribution is 7.89. The Labute approximate surface area is 118 Å². The zero-order valence-electron chi connectivity index (χ0n) is 10.9. The lowest BCUT2D eigenvalue weighted by atomic mass is 10.1. The largest absolute Gasteiger partial charge is 0.398 e. The molecule has 1 unspecified atom stereocenters. The molecule has 0 aromatic heterocycles. The van der Waals surface area contributed by atoms with E-state index in [1.54, 1.807) is 0 Å². The van der Waals surface area contributed by atoms with Crippen molar-refractivity contribution in [2.45, 2.75) is 31.2 Å². The van der Waals surface area contributed by atoms with Crippen LogP contribution in [0.5, 0.6) is 0 Å². The van der Waals surface area contributed by atoms with Crippen LogP contribution in [0.4, 0.5) is 5.69 Å². The van der Waals surface area contributed by atoms with Crippen molar-refractivity contribution in [2.24, 2.45) is 5.92 Å². The summed E-state index contributed by atoms with van der Waals surface area (Å²) in [6.07, 6.45) is 0.545. The number of aliphatic hydroxyl groups is 1. The fraction of sp³-hybridized carbons (Fsp3) is 0.500. The molecule has 1 aromatic rings. The summed E-state index contributed by atoms with van der Waals surface area (Å²) in [6.45, 7) is 3.64. The van der Waals surface area contributed by atoms with Crippen molar-refractivity contribution in [3.8, 4) is 0 Å². The average Bonchev–Trinajstić information content (AvgIpc) is 2.26. The second kappa shape index (κ2) is 6.56. The lowest BCUT2D eigenvalue weighted by Gasteiger charge is -2.19. The number of hydrogen-bond acceptors (Lipinski definition) is 4. The number of benzene rings is 1. The van der Waals surface area contributed by atoms with Crippen LogP contribution in [0.15, 0.2) is 23.1 Å². The third-order valence-corrected chi connectivity index (χ3v) is 4.39. The number of halogens is 1. The first-order chi connectivity index (χ1) is 8.76. The van der Waals surface area contributed by atoms with E-state index in [1.165, 1.54) is 18.2 Å². The minimum atomic E-state index is -3.76. The van der Waals surface area contributed by atoms with Gasteiger partial charge in [-0.1, -0.05) is 25.4 Å². The van der Waals surface area contributed by atoms with E-state index in [-0.39, 0.29) is 23.1 Å². The molecule has 5 nitrogen and oxygen atoms in total. The minimum absolute atomic E-state index is 0.0286. The van der Waals surface area contributed by atoms with E-state index in [9.17, 15) is 13.5 Å². The van der Waals surface area contributed by atoms with Gasteiger partial charge in [-0.25, -0.2) is 13.1 Å². The highest BCUT2D eigenvalue weighted by atomic mass is 35.5. The minimum Gasteiger partial charge on any atom is -0.398 e. The van der Waals surface area contributed by atoms with Crippen molar-refractivity contribution < 1.29 is 13.5 Å². The molecule has 0 heterocycles. The molecule has 0 bridgehead atoms. The summed E-state index contributed by atoms with van der Waals surface area (Å²) in [4.78, 5) is -0.0286. The number of nitrogens with one attached hydrogen (secondary N) is 1. The first-order valence-corrected chi connectivity index (χ1v) is 7.80. The van der Waals surface area contributed by atoms with Crippen LogP contribution in [-0.4, -0.2) is 26.2 Å². The van der Waals surface area contributed by atoms with Crippen LogP contribution >= 0.6 is 11.6 Å². The van der Waals surface area contributed by atoms with E-state index in [1.807, 2.05) is 13.8 Å². The Kier molecular flexibility index (Phi) is 5.61. The van der Waals surface area contributed by atoms with Gasteiger partial charge in [0.2, 0.25) is 10.0 Å². The standard InChI is InChI=1S/C12H19ClN2O3S/c1-8(2)5-10(7-16)15-19(17,18)12-4-3-9(13)6-11(12)14/h3-4,6,8,10,15-16H,5,7,14H2,1-2H3. The molecule has 0 saturated carbocycles. The van der Waals surface area contributed by atoms with Gasteiger partial charge in [0, 0.05) is 11.1 Å². The van der Waals surface area contributed by atoms with Gasteiger partial charge in [0.15, 0.2) is 0 Å². The monoisotopic (exact) mass is 306 g/mol. The van der Waals surface area contributed by atoms with Gasteiger partial charge in [-0.2, -0.15) is 0 Å². The summed E-state index contributed by atoms with van der Waals surface area (Å²) in [5, 5.41) is 9.59. The SMILES string of the molecule is CC(C)CC(CO)NS(=O)(=O)c1ccc(Cl)cc1N. The number of hydrogen-bond donors (Lipinski definition) is 3. The second-order valence-corrected chi connectivity index (χ2v) is 6.93. The number of aliphatic hydroxyl groups excluding tert-OH is 1. The molecular formula is C12H19ClN2O3S. The van der Waals surface area contributed by atoms with E-state index in [2.05, 4.69) is 4.72 Å². The van der Waals surface area contributed by atoms with Crippen LogP contribution in [0.2, 0.25) is 5.02 Å². The zero-order valence-corrected chi connectivity index (χ0v) is 12.5. The quantitative estimate of drug-likeness (QED) is 0.696. The predicted octanol–water partition coefficient (Wildman–Crippen LogP) is 1.61. The maximum atomic E-state index is 12.2. The maximum Gasteiger partial charge on any atom is 0.242 e. The van der Waals surface area contributed by atoms with Crippen LogP contribution < -0.4 is 10.5 Å². The summed E-state index contributed by atoms with van der Waals surface area (Å²) in [5.41, 5.74) is 5.74. The molecule has 0 fully saturated rings. The molecule has 7 heteroatoms. The number of rotatable bonds is 6. The summed E-state index contributed by atoms with van der Waals surface area (Å²) >= 11 is 5.73. The molecule has 0 radical (unpaired) electrons. The van der Waals surface area contributed by atoms with Crippen LogP contribution in [0.1, 0.15) is 20.3 Å². The Balaban J connectivity index is 2.97. The first kappa shape index (κ1) is 16.2. The second-order valence-electron chi connectivity index (χ2n) is 4.81. The fourth-order valence-corrected chi connectivity index (χ4v) is 3.31. The van der Waals surface area contributed by atoms with Crippen molar-refractivity contribution in [2.75, 3.05) is 12.3 Å². The Bertz CT molecular complexity index is 532. The van der Waals surface area contributed by atoms with E-state index in [0.717, 1.165) is 0 Å². The number of nitrogen functional groups attached to an aromatic ring is 1. The van der Waals surface area contributed by atoms with Crippen LogP contribution in [-0.2, 0) is 10.0 Å². The van der Waals surface area contributed by atoms with Crippen LogP contribution in [0.25, 0.3) is 0 Å². The van der Waals surface area contributed by atoms with Crippen LogP contribution in [0.3, 0.4) is 0 Å². The number of anilines is 1. The van der Waals surface area contributed by atoms with Gasteiger partial charge in [0.05, 0.1) is 12.3 Å². The predicted molar refractivity (Wildman–Crippen MR) is 76.5 cm³/mol. The third-order valence-electron chi connectivity index (χ3n) is 2.56. The molecule has 0 amide bonds. The molecule has 1 aromatic carbocycles. The van der Waals surface area contributed by atoms with Crippen molar-refractivity contribution in [3.05, 3.63) is 23.2 Å². The van der Waals surface area contributed by atoms with Crippen molar-refractivity contribution in [1.29, 1.82) is 0 Å². The summed E-state index contributed by atoms with van der Waals surface area (Å²) in [6, 6.07) is 3.67. The molecule has 0 saturated heterocycles. The first-order valence-electron chi connectivity index (χ1n) is 5.94. The maximum absolute atomic E-state index is 12.2. The van der Waals surface area contributed by atoms with Gasteiger partial charge in [0.25, 0.3) is 0 Å². The van der Waals surface area contributed by atoms with E-state index < -0.39 is 16.1 Å². The molecule has 1 rings (SSSR count). The fourth-order valence-electron chi connectivity index (χ4n) is 1.78. The van der Waals surface area contributed by atoms with Crippen molar-refractivity contribution >= 4 is 27.3 Å². The third kappa shape index (κ3) is 4.65. The van der Waals surface area contributed by atoms with Gasteiger partial charge in [-0.05, 0) is 30.5 Å². The molecule has 108 valence electrons. The molecule has 0 aliphatic rings. The van der Waals surface area contributed by atoms with E-state index >= 15 is 0 Å².